The van der Waals surface area contributed by atoms with Gasteiger partial charge in [-0.1, -0.05) is 24.4 Å². The minimum absolute atomic E-state index is 0.410. The van der Waals surface area contributed by atoms with Gasteiger partial charge >= 0.3 is 0 Å². The highest BCUT2D eigenvalue weighted by Gasteiger charge is 1.95. The van der Waals surface area contributed by atoms with Gasteiger partial charge in [0, 0.05) is 11.1 Å². The predicted octanol–water partition coefficient (Wildman–Crippen LogP) is 2.66. The van der Waals surface area contributed by atoms with Gasteiger partial charge in [-0.15, -0.1) is 0 Å². The van der Waals surface area contributed by atoms with Gasteiger partial charge in [0.25, 0.3) is 0 Å². The Hall–Kier alpha value is -2.18. The maximum absolute atomic E-state index is 5.40. The van der Waals surface area contributed by atoms with Crippen LogP contribution in [0.25, 0.3) is 0 Å². The van der Waals surface area contributed by atoms with Gasteiger partial charge < -0.3 is 20.9 Å². The van der Waals surface area contributed by atoms with Gasteiger partial charge in [0.2, 0.25) is 0 Å². The highest BCUT2D eigenvalue weighted by molar-refractivity contribution is 7.80. The van der Waals surface area contributed by atoms with Crippen LogP contribution in [0, 0.1) is 0 Å². The molecule has 0 aromatic heterocycles. The Balaban J connectivity index is 0.000000220. The first kappa shape index (κ1) is 17.9. The van der Waals surface area contributed by atoms with Crippen LogP contribution in [-0.2, 0) is 0 Å². The van der Waals surface area contributed by atoms with E-state index in [1.165, 1.54) is 0 Å². The van der Waals surface area contributed by atoms with Crippen LogP contribution in [0.15, 0.2) is 48.5 Å². The van der Waals surface area contributed by atoms with E-state index in [-0.39, 0.29) is 0 Å². The van der Waals surface area contributed by atoms with Crippen molar-refractivity contribution in [3.8, 4) is 11.5 Å². The molecule has 4 nitrogen and oxygen atoms in total. The van der Waals surface area contributed by atoms with E-state index in [9.17, 15) is 0 Å². The predicted molar refractivity (Wildman–Crippen MR) is 97.8 cm³/mol. The van der Waals surface area contributed by atoms with Crippen LogP contribution < -0.4 is 20.9 Å². The van der Waals surface area contributed by atoms with Crippen LogP contribution in [0.1, 0.15) is 11.1 Å². The van der Waals surface area contributed by atoms with Crippen molar-refractivity contribution in [2.45, 2.75) is 0 Å². The summed E-state index contributed by atoms with van der Waals surface area (Å²) >= 11 is 9.56. The Kier molecular flexibility index (Phi) is 7.28. The SMILES string of the molecule is COc1ccc(C(N)=S)cc1.COc1ccc(C(N)=S)cc1. The lowest BCUT2D eigenvalue weighted by atomic mass is 10.2. The molecule has 0 bridgehead atoms. The summed E-state index contributed by atoms with van der Waals surface area (Å²) < 4.78 is 9.93. The first-order valence-corrected chi connectivity index (χ1v) is 7.17. The molecule has 22 heavy (non-hydrogen) atoms. The first-order chi connectivity index (χ1) is 10.5. The summed E-state index contributed by atoms with van der Waals surface area (Å²) in [5.41, 5.74) is 12.5. The van der Waals surface area contributed by atoms with Crippen LogP contribution >= 0.6 is 24.4 Å². The van der Waals surface area contributed by atoms with Crippen molar-refractivity contribution in [2.75, 3.05) is 14.2 Å². The molecule has 0 radical (unpaired) electrons. The fraction of sp³-hybridized carbons (Fsp3) is 0.125. The molecular weight excluding hydrogens is 316 g/mol. The average molecular weight is 334 g/mol. The van der Waals surface area contributed by atoms with Crippen LogP contribution in [0.5, 0.6) is 11.5 Å². The second-order valence-electron chi connectivity index (χ2n) is 4.19. The Bertz CT molecular complexity index is 568. The molecule has 2 aromatic rings. The first-order valence-electron chi connectivity index (χ1n) is 6.35. The normalized spacial score (nSPS) is 9.18. The van der Waals surface area contributed by atoms with Crippen molar-refractivity contribution in [3.63, 3.8) is 0 Å². The Labute approximate surface area is 141 Å². The van der Waals surface area contributed by atoms with Crippen molar-refractivity contribution < 1.29 is 9.47 Å². The number of benzene rings is 2. The zero-order valence-corrected chi connectivity index (χ0v) is 14.0. The minimum Gasteiger partial charge on any atom is -0.497 e. The lowest BCUT2D eigenvalue weighted by molar-refractivity contribution is 0.414. The summed E-state index contributed by atoms with van der Waals surface area (Å²) in [4.78, 5) is 0.820. The molecule has 0 unspecified atom stereocenters. The molecular formula is C16H18N2O2S2. The molecule has 0 spiro atoms. The topological polar surface area (TPSA) is 70.5 Å². The van der Waals surface area contributed by atoms with E-state index in [0.29, 0.717) is 9.98 Å². The van der Waals surface area contributed by atoms with Gasteiger partial charge in [-0.3, -0.25) is 0 Å². The Morgan fingerprint density at radius 2 is 0.955 bits per heavy atom. The number of hydrogen-bond donors (Lipinski definition) is 2. The molecule has 2 rings (SSSR count). The molecule has 116 valence electrons. The van der Waals surface area contributed by atoms with E-state index in [2.05, 4.69) is 0 Å². The second-order valence-corrected chi connectivity index (χ2v) is 5.07. The number of nitrogens with two attached hydrogens (primary N) is 2. The maximum atomic E-state index is 5.40. The molecule has 0 atom stereocenters. The number of ether oxygens (including phenoxy) is 2. The highest BCUT2D eigenvalue weighted by Crippen LogP contribution is 2.11. The maximum Gasteiger partial charge on any atom is 0.118 e. The molecule has 6 heteroatoms. The summed E-state index contributed by atoms with van der Waals surface area (Å²) in [6, 6.07) is 14.6. The highest BCUT2D eigenvalue weighted by atomic mass is 32.1. The van der Waals surface area contributed by atoms with Crippen LogP contribution in [-0.4, -0.2) is 24.2 Å². The molecule has 2 aromatic carbocycles. The van der Waals surface area contributed by atoms with Gasteiger partial charge in [-0.05, 0) is 48.5 Å². The summed E-state index contributed by atoms with van der Waals surface area (Å²) in [7, 11) is 3.24. The molecule has 0 heterocycles. The van der Waals surface area contributed by atoms with Gasteiger partial charge in [-0.25, -0.2) is 0 Å². The van der Waals surface area contributed by atoms with E-state index >= 15 is 0 Å². The average Bonchev–Trinajstić information content (AvgIpc) is 2.55. The standard InChI is InChI=1S/2C8H9NOS/c2*1-10-7-4-2-6(3-5-7)8(9)11/h2*2-5H,1H3,(H2,9,11). The zero-order valence-electron chi connectivity index (χ0n) is 12.4. The monoisotopic (exact) mass is 334 g/mol. The van der Waals surface area contributed by atoms with E-state index in [1.807, 2.05) is 48.5 Å². The fourth-order valence-corrected chi connectivity index (χ4v) is 1.78. The van der Waals surface area contributed by atoms with Crippen molar-refractivity contribution in [1.29, 1.82) is 0 Å². The van der Waals surface area contributed by atoms with Crippen LogP contribution in [0.3, 0.4) is 0 Å². The molecule has 0 aliphatic rings. The Morgan fingerprint density at radius 1 is 0.682 bits per heavy atom. The van der Waals surface area contributed by atoms with E-state index in [0.717, 1.165) is 22.6 Å². The quantitative estimate of drug-likeness (QED) is 0.838. The van der Waals surface area contributed by atoms with Crippen molar-refractivity contribution in [3.05, 3.63) is 59.7 Å². The molecule has 0 saturated heterocycles. The molecule has 0 saturated carbocycles. The third-order valence-corrected chi connectivity index (χ3v) is 3.22. The number of thiocarbonyl (C=S) groups is 2. The van der Waals surface area contributed by atoms with E-state index in [1.54, 1.807) is 14.2 Å². The molecule has 0 amide bonds. The van der Waals surface area contributed by atoms with Crippen LogP contribution in [0.4, 0.5) is 0 Å². The number of hydrogen-bond acceptors (Lipinski definition) is 4. The van der Waals surface area contributed by atoms with Gasteiger partial charge in [0.1, 0.15) is 21.5 Å². The lowest BCUT2D eigenvalue weighted by Gasteiger charge is -2.00. The van der Waals surface area contributed by atoms with Gasteiger partial charge in [-0.2, -0.15) is 0 Å². The van der Waals surface area contributed by atoms with Gasteiger partial charge in [0.15, 0.2) is 0 Å². The van der Waals surface area contributed by atoms with Gasteiger partial charge in [0.05, 0.1) is 14.2 Å². The van der Waals surface area contributed by atoms with E-state index in [4.69, 9.17) is 45.4 Å². The van der Waals surface area contributed by atoms with E-state index < -0.39 is 0 Å². The summed E-state index contributed by atoms with van der Waals surface area (Å²) in [5, 5.41) is 0. The number of rotatable bonds is 4. The third kappa shape index (κ3) is 5.67. The van der Waals surface area contributed by atoms with Crippen molar-refractivity contribution in [2.24, 2.45) is 11.5 Å². The summed E-state index contributed by atoms with van der Waals surface area (Å²) in [6.45, 7) is 0. The fourth-order valence-electron chi connectivity index (χ4n) is 1.51. The van der Waals surface area contributed by atoms with Crippen LogP contribution in [0.2, 0.25) is 0 Å². The molecule has 0 fully saturated rings. The third-order valence-electron chi connectivity index (χ3n) is 2.75. The minimum atomic E-state index is 0.410. The Morgan fingerprint density at radius 3 is 1.14 bits per heavy atom. The number of methoxy groups -OCH3 is 2. The summed E-state index contributed by atoms with van der Waals surface area (Å²) in [5.74, 6) is 1.62. The second kappa shape index (κ2) is 8.96. The molecule has 4 N–H and O–H groups in total. The summed E-state index contributed by atoms with van der Waals surface area (Å²) in [6.07, 6.45) is 0. The largest absolute Gasteiger partial charge is 0.497 e. The zero-order chi connectivity index (χ0) is 16.5. The molecule has 0 aliphatic heterocycles. The van der Waals surface area contributed by atoms with Crippen molar-refractivity contribution >= 4 is 34.4 Å². The lowest BCUT2D eigenvalue weighted by Crippen LogP contribution is -2.08. The smallest absolute Gasteiger partial charge is 0.118 e. The van der Waals surface area contributed by atoms with Crippen molar-refractivity contribution in [1.82, 2.24) is 0 Å². The molecule has 0 aliphatic carbocycles.